The lowest BCUT2D eigenvalue weighted by Crippen LogP contribution is -2.22. The number of hydrogen-bond acceptors (Lipinski definition) is 2. The SMILES string of the molecule is O=C1CCNCCC1CC(F)(F)F. The van der Waals surface area contributed by atoms with Crippen molar-refractivity contribution in [3.8, 4) is 0 Å². The third kappa shape index (κ3) is 3.76. The first-order chi connectivity index (χ1) is 5.99. The highest BCUT2D eigenvalue weighted by Gasteiger charge is 2.35. The van der Waals surface area contributed by atoms with Crippen molar-refractivity contribution in [1.82, 2.24) is 5.32 Å². The molecule has 0 saturated carbocycles. The molecule has 1 heterocycles. The molecular formula is C8H12F3NO. The Balaban J connectivity index is 2.50. The Labute approximate surface area is 74.5 Å². The van der Waals surface area contributed by atoms with Gasteiger partial charge in [0, 0.05) is 18.9 Å². The van der Waals surface area contributed by atoms with Crippen molar-refractivity contribution < 1.29 is 18.0 Å². The minimum absolute atomic E-state index is 0.223. The number of carbonyl (C=O) groups excluding carboxylic acids is 1. The number of alkyl halides is 3. The molecule has 0 amide bonds. The molecule has 1 saturated heterocycles. The molecule has 1 atom stereocenters. The Kier molecular flexibility index (Phi) is 3.30. The Morgan fingerprint density at radius 3 is 2.69 bits per heavy atom. The van der Waals surface area contributed by atoms with Crippen molar-refractivity contribution >= 4 is 5.78 Å². The molecule has 2 nitrogen and oxygen atoms in total. The first-order valence-corrected chi connectivity index (χ1v) is 4.29. The predicted octanol–water partition coefficient (Wildman–Crippen LogP) is 1.51. The van der Waals surface area contributed by atoms with E-state index in [1.807, 2.05) is 0 Å². The van der Waals surface area contributed by atoms with Gasteiger partial charge in [0.2, 0.25) is 0 Å². The van der Waals surface area contributed by atoms with E-state index in [1.54, 1.807) is 0 Å². The molecule has 1 fully saturated rings. The minimum atomic E-state index is -4.22. The summed E-state index contributed by atoms with van der Waals surface area (Å²) in [5, 5.41) is 2.91. The van der Waals surface area contributed by atoms with E-state index in [0.717, 1.165) is 0 Å². The summed E-state index contributed by atoms with van der Waals surface area (Å²) in [7, 11) is 0. The molecule has 1 unspecified atom stereocenters. The quantitative estimate of drug-likeness (QED) is 0.687. The van der Waals surface area contributed by atoms with Crippen LogP contribution in [-0.2, 0) is 4.79 Å². The zero-order valence-corrected chi connectivity index (χ0v) is 7.16. The van der Waals surface area contributed by atoms with E-state index in [9.17, 15) is 18.0 Å². The molecule has 1 aliphatic rings. The highest BCUT2D eigenvalue weighted by atomic mass is 19.4. The van der Waals surface area contributed by atoms with Gasteiger partial charge in [0.25, 0.3) is 0 Å². The van der Waals surface area contributed by atoms with Gasteiger partial charge in [0.15, 0.2) is 0 Å². The lowest BCUT2D eigenvalue weighted by molar-refractivity contribution is -0.153. The van der Waals surface area contributed by atoms with Gasteiger partial charge in [-0.15, -0.1) is 0 Å². The van der Waals surface area contributed by atoms with E-state index in [1.165, 1.54) is 0 Å². The van der Waals surface area contributed by atoms with Crippen molar-refractivity contribution in [2.75, 3.05) is 13.1 Å². The second-order valence-electron chi connectivity index (χ2n) is 3.27. The topological polar surface area (TPSA) is 29.1 Å². The molecular weight excluding hydrogens is 183 g/mol. The van der Waals surface area contributed by atoms with Gasteiger partial charge in [0.1, 0.15) is 5.78 Å². The van der Waals surface area contributed by atoms with Crippen LogP contribution in [0.15, 0.2) is 0 Å². The maximum absolute atomic E-state index is 12.0. The van der Waals surface area contributed by atoms with E-state index < -0.39 is 18.5 Å². The summed E-state index contributed by atoms with van der Waals surface area (Å²) in [5.74, 6) is -1.09. The first kappa shape index (κ1) is 10.5. The fourth-order valence-electron chi connectivity index (χ4n) is 1.47. The zero-order chi connectivity index (χ0) is 9.90. The summed E-state index contributed by atoms with van der Waals surface area (Å²) in [6, 6.07) is 0. The monoisotopic (exact) mass is 195 g/mol. The van der Waals surface area contributed by atoms with Crippen molar-refractivity contribution in [3.63, 3.8) is 0 Å². The van der Waals surface area contributed by atoms with Crippen LogP contribution in [0.25, 0.3) is 0 Å². The number of Topliss-reactive ketones (excluding diaryl/α,β-unsaturated/α-hetero) is 1. The van der Waals surface area contributed by atoms with Crippen LogP contribution in [0, 0.1) is 5.92 Å². The fraction of sp³-hybridized carbons (Fsp3) is 0.875. The Morgan fingerprint density at radius 2 is 2.08 bits per heavy atom. The summed E-state index contributed by atoms with van der Waals surface area (Å²) in [4.78, 5) is 11.2. The van der Waals surface area contributed by atoms with E-state index in [-0.39, 0.29) is 12.2 Å². The van der Waals surface area contributed by atoms with E-state index in [4.69, 9.17) is 0 Å². The maximum Gasteiger partial charge on any atom is 0.389 e. The lowest BCUT2D eigenvalue weighted by atomic mass is 9.95. The highest BCUT2D eigenvalue weighted by Crippen LogP contribution is 2.28. The number of carbonyl (C=O) groups is 1. The summed E-state index contributed by atoms with van der Waals surface area (Å²) >= 11 is 0. The lowest BCUT2D eigenvalue weighted by Gasteiger charge is -2.14. The van der Waals surface area contributed by atoms with Gasteiger partial charge < -0.3 is 5.32 Å². The number of ketones is 1. The van der Waals surface area contributed by atoms with Gasteiger partial charge >= 0.3 is 6.18 Å². The third-order valence-electron chi connectivity index (χ3n) is 2.15. The normalized spacial score (nSPS) is 25.8. The summed E-state index contributed by atoms with van der Waals surface area (Å²) < 4.78 is 35.9. The van der Waals surface area contributed by atoms with E-state index in [0.29, 0.717) is 19.5 Å². The molecule has 1 N–H and O–H groups in total. The largest absolute Gasteiger partial charge is 0.389 e. The highest BCUT2D eigenvalue weighted by molar-refractivity contribution is 5.81. The Morgan fingerprint density at radius 1 is 1.38 bits per heavy atom. The first-order valence-electron chi connectivity index (χ1n) is 4.29. The van der Waals surface area contributed by atoms with Gasteiger partial charge in [-0.05, 0) is 13.0 Å². The summed E-state index contributed by atoms with van der Waals surface area (Å²) in [6.07, 6.45) is -4.66. The fourth-order valence-corrected chi connectivity index (χ4v) is 1.47. The van der Waals surface area contributed by atoms with Gasteiger partial charge in [0.05, 0.1) is 6.42 Å². The van der Waals surface area contributed by atoms with Crippen molar-refractivity contribution in [1.29, 1.82) is 0 Å². The average molecular weight is 195 g/mol. The minimum Gasteiger partial charge on any atom is -0.316 e. The van der Waals surface area contributed by atoms with Crippen LogP contribution >= 0.6 is 0 Å². The molecule has 13 heavy (non-hydrogen) atoms. The van der Waals surface area contributed by atoms with Gasteiger partial charge in [-0.2, -0.15) is 13.2 Å². The van der Waals surface area contributed by atoms with Crippen molar-refractivity contribution in [2.24, 2.45) is 5.92 Å². The number of nitrogens with one attached hydrogen (secondary N) is 1. The Bertz CT molecular complexity index is 190. The molecule has 0 aliphatic carbocycles. The second-order valence-corrected chi connectivity index (χ2v) is 3.27. The molecule has 0 aromatic rings. The van der Waals surface area contributed by atoms with E-state index in [2.05, 4.69) is 5.32 Å². The molecule has 0 radical (unpaired) electrons. The van der Waals surface area contributed by atoms with Crippen LogP contribution < -0.4 is 5.32 Å². The van der Waals surface area contributed by atoms with Crippen LogP contribution in [0.3, 0.4) is 0 Å². The van der Waals surface area contributed by atoms with Crippen LogP contribution in [0.4, 0.5) is 13.2 Å². The van der Waals surface area contributed by atoms with Crippen LogP contribution in [-0.4, -0.2) is 25.0 Å². The average Bonchev–Trinajstić information content (AvgIpc) is 2.14. The van der Waals surface area contributed by atoms with Gasteiger partial charge in [-0.3, -0.25) is 4.79 Å². The van der Waals surface area contributed by atoms with Crippen LogP contribution in [0.5, 0.6) is 0 Å². The van der Waals surface area contributed by atoms with E-state index >= 15 is 0 Å². The molecule has 0 aromatic heterocycles. The standard InChI is InChI=1S/C8H12F3NO/c9-8(10,11)5-6-1-3-12-4-2-7(6)13/h6,12H,1-5H2. The second kappa shape index (κ2) is 4.09. The molecule has 0 spiro atoms. The molecule has 0 aromatic carbocycles. The smallest absolute Gasteiger partial charge is 0.316 e. The number of hydrogen-bond donors (Lipinski definition) is 1. The summed E-state index contributed by atoms with van der Waals surface area (Å²) in [6.45, 7) is 1.01. The van der Waals surface area contributed by atoms with Crippen molar-refractivity contribution in [2.45, 2.75) is 25.4 Å². The van der Waals surface area contributed by atoms with Crippen LogP contribution in [0.1, 0.15) is 19.3 Å². The predicted molar refractivity (Wildman–Crippen MR) is 41.3 cm³/mol. The number of rotatable bonds is 1. The maximum atomic E-state index is 12.0. The molecule has 5 heteroatoms. The molecule has 1 aliphatic heterocycles. The van der Waals surface area contributed by atoms with Crippen LogP contribution in [0.2, 0.25) is 0 Å². The molecule has 76 valence electrons. The van der Waals surface area contributed by atoms with Gasteiger partial charge in [-0.25, -0.2) is 0 Å². The molecule has 0 bridgehead atoms. The number of halogens is 3. The van der Waals surface area contributed by atoms with Gasteiger partial charge in [-0.1, -0.05) is 0 Å². The molecule has 1 rings (SSSR count). The third-order valence-corrected chi connectivity index (χ3v) is 2.15. The summed E-state index contributed by atoms with van der Waals surface area (Å²) in [5.41, 5.74) is 0. The Hall–Kier alpha value is -0.580. The zero-order valence-electron chi connectivity index (χ0n) is 7.16. The van der Waals surface area contributed by atoms with Crippen molar-refractivity contribution in [3.05, 3.63) is 0 Å².